The summed E-state index contributed by atoms with van der Waals surface area (Å²) in [6, 6.07) is 0. The summed E-state index contributed by atoms with van der Waals surface area (Å²) in [6.07, 6.45) is 1.89. The van der Waals surface area contributed by atoms with Crippen LogP contribution in [0.2, 0.25) is 0 Å². The molecule has 1 aliphatic heterocycles. The van der Waals surface area contributed by atoms with Crippen LogP contribution in [0.5, 0.6) is 0 Å². The first-order valence-electron chi connectivity index (χ1n) is 7.15. The Bertz CT molecular complexity index is 523. The van der Waals surface area contributed by atoms with E-state index in [1.807, 2.05) is 40.8 Å². The quantitative estimate of drug-likeness (QED) is 0.613. The number of carbonyl (C=O) groups excluding carboxylic acids is 1. The number of ether oxygens (including phenoxy) is 1. The molecule has 0 unspecified atom stereocenters. The van der Waals surface area contributed by atoms with E-state index in [0.717, 1.165) is 11.2 Å². The monoisotopic (exact) mass is 294 g/mol. The van der Waals surface area contributed by atoms with Crippen LogP contribution in [-0.4, -0.2) is 40.7 Å². The van der Waals surface area contributed by atoms with E-state index in [9.17, 15) is 4.79 Å². The van der Waals surface area contributed by atoms with Gasteiger partial charge in [0, 0.05) is 18.6 Å². The molecule has 1 aliphatic rings. The van der Waals surface area contributed by atoms with Crippen LogP contribution in [0.1, 0.15) is 40.3 Å². The Balaban J connectivity index is 2.08. The Morgan fingerprint density at radius 2 is 1.90 bits per heavy atom. The molecule has 1 aromatic rings. The molecular formula is C14H23BN2O4. The van der Waals surface area contributed by atoms with E-state index < -0.39 is 7.12 Å². The van der Waals surface area contributed by atoms with Crippen molar-refractivity contribution in [3.05, 3.63) is 11.9 Å². The van der Waals surface area contributed by atoms with Gasteiger partial charge < -0.3 is 14.0 Å². The largest absolute Gasteiger partial charge is 0.498 e. The first-order chi connectivity index (χ1) is 9.62. The highest BCUT2D eigenvalue weighted by atomic mass is 16.7. The summed E-state index contributed by atoms with van der Waals surface area (Å²) < 4.78 is 18.7. The molecule has 2 rings (SSSR count). The maximum absolute atomic E-state index is 10.8. The molecule has 1 aromatic heterocycles. The third-order valence-corrected chi connectivity index (χ3v) is 4.12. The molecule has 0 spiro atoms. The van der Waals surface area contributed by atoms with Crippen LogP contribution in [0.15, 0.2) is 6.20 Å². The Morgan fingerprint density at radius 1 is 1.33 bits per heavy atom. The lowest BCUT2D eigenvalue weighted by atomic mass is 9.79. The molecule has 1 saturated heterocycles. The van der Waals surface area contributed by atoms with Crippen molar-refractivity contribution in [1.82, 2.24) is 9.78 Å². The normalized spacial score (nSPS) is 19.8. The van der Waals surface area contributed by atoms with Crippen molar-refractivity contribution < 1.29 is 18.8 Å². The van der Waals surface area contributed by atoms with Gasteiger partial charge in [-0.25, -0.2) is 0 Å². The lowest BCUT2D eigenvalue weighted by Gasteiger charge is -2.32. The summed E-state index contributed by atoms with van der Waals surface area (Å²) in [5.41, 5.74) is 1.03. The van der Waals surface area contributed by atoms with Crippen LogP contribution < -0.4 is 5.46 Å². The number of hydrogen-bond acceptors (Lipinski definition) is 5. The standard InChI is InChI=1S/C14H23BN2O4/c1-10-12(9-17(16-10)7-8-19-11(2)18)15-20-13(3,4)14(5,6)21-15/h9H,7-8H2,1-6H3. The zero-order valence-corrected chi connectivity index (χ0v) is 13.6. The molecule has 0 aromatic carbocycles. The summed E-state index contributed by atoms with van der Waals surface area (Å²) in [7, 11) is -0.419. The zero-order chi connectivity index (χ0) is 15.8. The number of esters is 1. The van der Waals surface area contributed by atoms with Gasteiger partial charge in [-0.05, 0) is 34.6 Å². The Labute approximate surface area is 125 Å². The van der Waals surface area contributed by atoms with Gasteiger partial charge in [0.2, 0.25) is 0 Å². The van der Waals surface area contributed by atoms with Crippen LogP contribution in [0, 0.1) is 6.92 Å². The lowest BCUT2D eigenvalue weighted by molar-refractivity contribution is -0.141. The molecule has 6 nitrogen and oxygen atoms in total. The van der Waals surface area contributed by atoms with Crippen LogP contribution >= 0.6 is 0 Å². The fourth-order valence-corrected chi connectivity index (χ4v) is 2.13. The highest BCUT2D eigenvalue weighted by Crippen LogP contribution is 2.36. The molecule has 1 fully saturated rings. The van der Waals surface area contributed by atoms with Crippen molar-refractivity contribution in [2.45, 2.75) is 59.3 Å². The Morgan fingerprint density at radius 3 is 2.43 bits per heavy atom. The maximum Gasteiger partial charge on any atom is 0.498 e. The highest BCUT2D eigenvalue weighted by Gasteiger charge is 2.52. The van der Waals surface area contributed by atoms with Gasteiger partial charge in [0.1, 0.15) is 6.61 Å². The van der Waals surface area contributed by atoms with Crippen LogP contribution in [0.3, 0.4) is 0 Å². The summed E-state index contributed by atoms with van der Waals surface area (Å²) in [5, 5.41) is 4.41. The molecule has 2 heterocycles. The third kappa shape index (κ3) is 3.29. The maximum atomic E-state index is 10.8. The summed E-state index contributed by atoms with van der Waals surface area (Å²) in [5.74, 6) is -0.287. The molecule has 21 heavy (non-hydrogen) atoms. The van der Waals surface area contributed by atoms with Gasteiger partial charge in [-0.2, -0.15) is 5.10 Å². The van der Waals surface area contributed by atoms with E-state index in [0.29, 0.717) is 13.2 Å². The van der Waals surface area contributed by atoms with Gasteiger partial charge in [-0.15, -0.1) is 0 Å². The highest BCUT2D eigenvalue weighted by molar-refractivity contribution is 6.62. The van der Waals surface area contributed by atoms with Crippen molar-refractivity contribution in [3.63, 3.8) is 0 Å². The van der Waals surface area contributed by atoms with E-state index in [2.05, 4.69) is 5.10 Å². The van der Waals surface area contributed by atoms with Gasteiger partial charge in [-0.1, -0.05) is 0 Å². The molecule has 116 valence electrons. The number of aryl methyl sites for hydroxylation is 1. The summed E-state index contributed by atoms with van der Waals surface area (Å²) >= 11 is 0. The van der Waals surface area contributed by atoms with Crippen LogP contribution in [0.25, 0.3) is 0 Å². The van der Waals surface area contributed by atoms with Crippen molar-refractivity contribution in [3.8, 4) is 0 Å². The Kier molecular flexibility index (Phi) is 4.17. The number of nitrogens with zero attached hydrogens (tertiary/aromatic N) is 2. The average Bonchev–Trinajstić information content (AvgIpc) is 2.77. The van der Waals surface area contributed by atoms with E-state index in [1.54, 1.807) is 4.68 Å². The third-order valence-electron chi connectivity index (χ3n) is 4.12. The second kappa shape index (κ2) is 5.46. The van der Waals surface area contributed by atoms with E-state index in [4.69, 9.17) is 14.0 Å². The Hall–Kier alpha value is -1.34. The van der Waals surface area contributed by atoms with Crippen molar-refractivity contribution in [2.75, 3.05) is 6.61 Å². The second-order valence-electron chi connectivity index (χ2n) is 6.36. The van der Waals surface area contributed by atoms with Crippen LogP contribution in [0.4, 0.5) is 0 Å². The van der Waals surface area contributed by atoms with Gasteiger partial charge in [0.15, 0.2) is 0 Å². The molecule has 0 saturated carbocycles. The van der Waals surface area contributed by atoms with Crippen molar-refractivity contribution in [1.29, 1.82) is 0 Å². The molecule has 0 aliphatic carbocycles. The first kappa shape index (κ1) is 16.0. The predicted octanol–water partition coefficient (Wildman–Crippen LogP) is 1.05. The molecule has 0 amide bonds. The topological polar surface area (TPSA) is 62.6 Å². The SMILES string of the molecule is CC(=O)OCCn1cc(B2OC(C)(C)C(C)(C)O2)c(C)n1. The zero-order valence-electron chi connectivity index (χ0n) is 13.6. The van der Waals surface area contributed by atoms with Gasteiger partial charge in [0.05, 0.1) is 23.4 Å². The smallest absolute Gasteiger partial charge is 0.464 e. The fourth-order valence-electron chi connectivity index (χ4n) is 2.13. The molecule has 7 heteroatoms. The number of hydrogen-bond donors (Lipinski definition) is 0. The first-order valence-corrected chi connectivity index (χ1v) is 7.15. The van der Waals surface area contributed by atoms with Gasteiger partial charge in [0.25, 0.3) is 0 Å². The minimum absolute atomic E-state index is 0.287. The van der Waals surface area contributed by atoms with E-state index in [-0.39, 0.29) is 17.2 Å². The van der Waals surface area contributed by atoms with Gasteiger partial charge in [-0.3, -0.25) is 9.48 Å². The molecule has 0 radical (unpaired) electrons. The second-order valence-corrected chi connectivity index (χ2v) is 6.36. The number of rotatable bonds is 4. The van der Waals surface area contributed by atoms with Crippen molar-refractivity contribution in [2.24, 2.45) is 0 Å². The fraction of sp³-hybridized carbons (Fsp3) is 0.714. The van der Waals surface area contributed by atoms with E-state index >= 15 is 0 Å². The molecular weight excluding hydrogens is 271 g/mol. The lowest BCUT2D eigenvalue weighted by Crippen LogP contribution is -2.41. The minimum atomic E-state index is -0.419. The van der Waals surface area contributed by atoms with Gasteiger partial charge >= 0.3 is 13.1 Å². The summed E-state index contributed by atoms with van der Waals surface area (Å²) in [4.78, 5) is 10.8. The van der Waals surface area contributed by atoms with Crippen molar-refractivity contribution >= 4 is 18.6 Å². The summed E-state index contributed by atoms with van der Waals surface area (Å²) in [6.45, 7) is 12.2. The number of aromatic nitrogens is 2. The molecule has 0 atom stereocenters. The average molecular weight is 294 g/mol. The molecule has 0 N–H and O–H groups in total. The molecule has 0 bridgehead atoms. The number of carbonyl (C=O) groups is 1. The minimum Gasteiger partial charge on any atom is -0.464 e. The predicted molar refractivity (Wildman–Crippen MR) is 79.3 cm³/mol. The van der Waals surface area contributed by atoms with Crippen LogP contribution in [-0.2, 0) is 25.4 Å². The van der Waals surface area contributed by atoms with E-state index in [1.165, 1.54) is 6.92 Å².